The second-order valence-corrected chi connectivity index (χ2v) is 6.92. The van der Waals surface area contributed by atoms with Crippen LogP contribution in [0, 0.1) is 0 Å². The Morgan fingerprint density at radius 1 is 1.17 bits per heavy atom. The maximum Gasteiger partial charge on any atom is 0.159 e. The van der Waals surface area contributed by atoms with Crippen LogP contribution in [-0.2, 0) is 12.3 Å². The molecular weight excluding hydrogens is 440 g/mol. The molecule has 0 aliphatic carbocycles. The second-order valence-electron chi connectivity index (χ2n) is 5.04. The van der Waals surface area contributed by atoms with Crippen molar-refractivity contribution in [3.8, 4) is 0 Å². The molecule has 0 spiro atoms. The van der Waals surface area contributed by atoms with Crippen LogP contribution in [0.1, 0.15) is 11.1 Å². The smallest absolute Gasteiger partial charge is 0.159 e. The first-order valence-corrected chi connectivity index (χ1v) is 8.84. The molecule has 0 saturated heterocycles. The van der Waals surface area contributed by atoms with Crippen molar-refractivity contribution in [2.45, 2.75) is 12.3 Å². The van der Waals surface area contributed by atoms with Crippen LogP contribution in [-0.4, -0.2) is 28.4 Å². The van der Waals surface area contributed by atoms with E-state index in [0.29, 0.717) is 0 Å². The van der Waals surface area contributed by atoms with E-state index in [4.69, 9.17) is 0 Å². The molecular formula is C16H17Br2N4S-. The number of halogens is 2. The number of aliphatic imine (C=N–C) groups is 1. The van der Waals surface area contributed by atoms with E-state index >= 15 is 0 Å². The highest BCUT2D eigenvalue weighted by Gasteiger charge is 2.12. The number of pyridine rings is 1. The monoisotopic (exact) mass is 455 g/mol. The van der Waals surface area contributed by atoms with Crippen LogP contribution in [0.25, 0.3) is 0 Å². The highest BCUT2D eigenvalue weighted by molar-refractivity contribution is 9.10. The number of benzene rings is 1. The molecule has 1 aliphatic heterocycles. The van der Waals surface area contributed by atoms with Gasteiger partial charge in [-0.15, -0.1) is 0 Å². The lowest BCUT2D eigenvalue weighted by Gasteiger charge is -2.26. The van der Waals surface area contributed by atoms with Gasteiger partial charge in [-0.25, -0.2) is 4.99 Å². The van der Waals surface area contributed by atoms with E-state index in [-0.39, 0.29) is 17.0 Å². The number of amidine groups is 1. The summed E-state index contributed by atoms with van der Waals surface area (Å²) in [5.41, 5.74) is 2.51. The van der Waals surface area contributed by atoms with Crippen LogP contribution < -0.4 is 22.3 Å². The van der Waals surface area contributed by atoms with Crippen molar-refractivity contribution in [2.24, 2.45) is 4.99 Å². The zero-order valence-electron chi connectivity index (χ0n) is 12.5. The lowest BCUT2D eigenvalue weighted by atomic mass is 10.2. The lowest BCUT2D eigenvalue weighted by Crippen LogP contribution is -3.00. The van der Waals surface area contributed by atoms with Crippen molar-refractivity contribution in [3.05, 3.63) is 64.4 Å². The van der Waals surface area contributed by atoms with Crippen molar-refractivity contribution >= 4 is 32.9 Å². The van der Waals surface area contributed by atoms with Gasteiger partial charge in [-0.3, -0.25) is 9.88 Å². The molecule has 1 aliphatic rings. The van der Waals surface area contributed by atoms with Gasteiger partial charge >= 0.3 is 0 Å². The third-order valence-electron chi connectivity index (χ3n) is 3.29. The molecule has 1 aromatic carbocycles. The zero-order chi connectivity index (χ0) is 15.2. The summed E-state index contributed by atoms with van der Waals surface area (Å²) >= 11 is 5.20. The minimum Gasteiger partial charge on any atom is -1.00 e. The summed E-state index contributed by atoms with van der Waals surface area (Å²) in [5.74, 6) is 0.932. The average molecular weight is 457 g/mol. The molecule has 4 nitrogen and oxygen atoms in total. The van der Waals surface area contributed by atoms with Crippen LogP contribution >= 0.6 is 27.7 Å². The molecule has 3 rings (SSSR count). The quantitative estimate of drug-likeness (QED) is 0.725. The average Bonchev–Trinajstić information content (AvgIpc) is 2.57. The van der Waals surface area contributed by atoms with Gasteiger partial charge < -0.3 is 22.3 Å². The topological polar surface area (TPSA) is 40.5 Å². The zero-order valence-corrected chi connectivity index (χ0v) is 16.4. The predicted molar refractivity (Wildman–Crippen MR) is 95.5 cm³/mol. The number of aromatic nitrogens is 1. The molecule has 0 bridgehead atoms. The van der Waals surface area contributed by atoms with Gasteiger partial charge in [0.2, 0.25) is 0 Å². The number of nitrogens with one attached hydrogen (secondary N) is 1. The molecule has 2 aromatic rings. The van der Waals surface area contributed by atoms with Gasteiger partial charge in [0.1, 0.15) is 0 Å². The number of hydrogen-bond acceptors (Lipinski definition) is 5. The van der Waals surface area contributed by atoms with Gasteiger partial charge in [-0.2, -0.15) is 0 Å². The Bertz CT molecular complexity index is 634. The Labute approximate surface area is 159 Å². The summed E-state index contributed by atoms with van der Waals surface area (Å²) in [6.45, 7) is 2.42. The molecule has 23 heavy (non-hydrogen) atoms. The van der Waals surface area contributed by atoms with E-state index in [2.05, 4.69) is 66.5 Å². The minimum atomic E-state index is 0. The van der Waals surface area contributed by atoms with Crippen LogP contribution in [0.15, 0.2) is 58.3 Å². The Hall–Kier alpha value is -0.890. The van der Waals surface area contributed by atoms with E-state index in [1.807, 2.05) is 12.3 Å². The molecule has 2 heterocycles. The molecule has 0 atom stereocenters. The number of nitrogens with zero attached hydrogens (tertiary/aromatic N) is 3. The normalized spacial score (nSPS) is 14.6. The van der Waals surface area contributed by atoms with Gasteiger partial charge in [0.15, 0.2) is 5.17 Å². The summed E-state index contributed by atoms with van der Waals surface area (Å²) in [6.07, 6.45) is 3.70. The Balaban J connectivity index is 0.00000192. The molecule has 1 N–H and O–H groups in total. The second kappa shape index (κ2) is 9.42. The summed E-state index contributed by atoms with van der Waals surface area (Å²) < 4.78 is 1.11. The Morgan fingerprint density at radius 3 is 2.65 bits per heavy atom. The Kier molecular flexibility index (Phi) is 7.55. The highest BCUT2D eigenvalue weighted by Crippen LogP contribution is 2.17. The maximum absolute atomic E-state index is 4.60. The van der Waals surface area contributed by atoms with Gasteiger partial charge in [-0.1, -0.05) is 45.9 Å². The molecule has 1 aromatic heterocycles. The highest BCUT2D eigenvalue weighted by atomic mass is 79.9. The summed E-state index contributed by atoms with van der Waals surface area (Å²) in [6, 6.07) is 12.5. The van der Waals surface area contributed by atoms with Gasteiger partial charge in [0.05, 0.1) is 13.3 Å². The maximum atomic E-state index is 4.60. The van der Waals surface area contributed by atoms with Gasteiger partial charge in [0.25, 0.3) is 0 Å². The molecule has 0 fully saturated rings. The number of thioether (sulfide) groups is 1. The third-order valence-corrected chi connectivity index (χ3v) is 4.84. The fourth-order valence-corrected chi connectivity index (χ4v) is 3.21. The van der Waals surface area contributed by atoms with E-state index in [1.54, 1.807) is 18.0 Å². The van der Waals surface area contributed by atoms with E-state index in [0.717, 1.165) is 35.3 Å². The van der Waals surface area contributed by atoms with Crippen molar-refractivity contribution < 1.29 is 17.0 Å². The van der Waals surface area contributed by atoms with Crippen molar-refractivity contribution in [2.75, 3.05) is 13.3 Å². The standard InChI is InChI=1S/C16H17BrN4S.BrH/c17-15-5-3-13(4-6-15)10-22-16-19-11-21(12-20-16)9-14-2-1-7-18-8-14;/h1-8H,9-12H2,(H,19,20);1H/p-1. The minimum absolute atomic E-state index is 0. The molecule has 0 radical (unpaired) electrons. The third kappa shape index (κ3) is 5.91. The lowest BCUT2D eigenvalue weighted by molar-refractivity contribution is -0.00000439. The van der Waals surface area contributed by atoms with Gasteiger partial charge in [0, 0.05) is 29.2 Å². The first-order valence-electron chi connectivity index (χ1n) is 7.06. The first-order chi connectivity index (χ1) is 10.8. The molecule has 122 valence electrons. The summed E-state index contributed by atoms with van der Waals surface area (Å²) in [4.78, 5) is 11.0. The van der Waals surface area contributed by atoms with Crippen LogP contribution in [0.3, 0.4) is 0 Å². The summed E-state index contributed by atoms with van der Waals surface area (Å²) in [7, 11) is 0. The Morgan fingerprint density at radius 2 is 2.00 bits per heavy atom. The van der Waals surface area contributed by atoms with E-state index in [9.17, 15) is 0 Å². The number of rotatable bonds is 4. The van der Waals surface area contributed by atoms with Gasteiger partial charge in [-0.05, 0) is 29.3 Å². The largest absolute Gasteiger partial charge is 1.00 e. The van der Waals surface area contributed by atoms with Crippen molar-refractivity contribution in [3.63, 3.8) is 0 Å². The van der Waals surface area contributed by atoms with Crippen LogP contribution in [0.2, 0.25) is 0 Å². The van der Waals surface area contributed by atoms with Crippen LogP contribution in [0.4, 0.5) is 0 Å². The molecule has 0 amide bonds. The van der Waals surface area contributed by atoms with Crippen molar-refractivity contribution in [1.29, 1.82) is 0 Å². The van der Waals surface area contributed by atoms with Crippen molar-refractivity contribution in [1.82, 2.24) is 15.2 Å². The first kappa shape index (κ1) is 18.4. The molecule has 0 unspecified atom stereocenters. The fourth-order valence-electron chi connectivity index (χ4n) is 2.13. The predicted octanol–water partition coefficient (Wildman–Crippen LogP) is 0.458. The molecule has 7 heteroatoms. The van der Waals surface area contributed by atoms with E-state index in [1.165, 1.54) is 11.1 Å². The fraction of sp³-hybridized carbons (Fsp3) is 0.250. The number of hydrogen-bond donors (Lipinski definition) is 1. The SMILES string of the molecule is Brc1ccc(CSC2=NCN(Cc3cccnc3)CN2)cc1.[Br-]. The molecule has 0 saturated carbocycles. The van der Waals surface area contributed by atoms with E-state index < -0.39 is 0 Å². The van der Waals surface area contributed by atoms with Crippen LogP contribution in [0.5, 0.6) is 0 Å². The summed E-state index contributed by atoms with van der Waals surface area (Å²) in [5, 5.41) is 4.40.